The van der Waals surface area contributed by atoms with Crippen LogP contribution in [0.5, 0.6) is 0 Å². The first kappa shape index (κ1) is 18.4. The Balaban J connectivity index is 2.00. The van der Waals surface area contributed by atoms with Crippen LogP contribution in [0.1, 0.15) is 43.7 Å². The molecule has 2 N–H and O–H groups in total. The van der Waals surface area contributed by atoms with E-state index in [-0.39, 0.29) is 12.5 Å². The molecule has 0 fully saturated rings. The maximum absolute atomic E-state index is 11.7. The Hall–Kier alpha value is -2.94. The quantitative estimate of drug-likeness (QED) is 0.663. The number of ether oxygens (including phenoxy) is 2. The number of esters is 1. The summed E-state index contributed by atoms with van der Waals surface area (Å²) < 4.78 is 10.1. The Bertz CT molecular complexity index is 834. The second kappa shape index (κ2) is 7.75. The van der Waals surface area contributed by atoms with E-state index in [1.54, 1.807) is 33.8 Å². The van der Waals surface area contributed by atoms with Gasteiger partial charge in [-0.2, -0.15) is 0 Å². The summed E-state index contributed by atoms with van der Waals surface area (Å²) in [6, 6.07) is 7.32. The molecular weight excluding hydrogens is 320 g/mol. The number of nitrogens with one attached hydrogen (secondary N) is 2. The molecule has 25 heavy (non-hydrogen) atoms. The zero-order chi connectivity index (χ0) is 18.4. The maximum Gasteiger partial charge on any atom is 0.408 e. The molecule has 1 heterocycles. The minimum atomic E-state index is -0.535. The van der Waals surface area contributed by atoms with Gasteiger partial charge >= 0.3 is 12.1 Å². The lowest BCUT2D eigenvalue weighted by molar-refractivity contribution is 0.0515. The van der Waals surface area contributed by atoms with Gasteiger partial charge in [-0.05, 0) is 45.9 Å². The van der Waals surface area contributed by atoms with Crippen LogP contribution in [0.4, 0.5) is 4.79 Å². The molecule has 0 spiro atoms. The predicted molar refractivity (Wildman–Crippen MR) is 95.4 cm³/mol. The van der Waals surface area contributed by atoms with Crippen molar-refractivity contribution in [2.45, 2.75) is 33.3 Å². The summed E-state index contributed by atoms with van der Waals surface area (Å²) in [5.74, 6) is 5.45. The Morgan fingerprint density at radius 1 is 1.24 bits per heavy atom. The van der Waals surface area contributed by atoms with Crippen molar-refractivity contribution in [1.82, 2.24) is 10.3 Å². The predicted octanol–water partition coefficient (Wildman–Crippen LogP) is 3.22. The lowest BCUT2D eigenvalue weighted by atomic mass is 10.1. The van der Waals surface area contributed by atoms with Crippen molar-refractivity contribution in [3.05, 3.63) is 35.5 Å². The molecule has 0 aliphatic carbocycles. The zero-order valence-electron chi connectivity index (χ0n) is 14.9. The fourth-order valence-electron chi connectivity index (χ4n) is 2.10. The molecule has 0 aliphatic heterocycles. The molecule has 6 heteroatoms. The summed E-state index contributed by atoms with van der Waals surface area (Å²) in [7, 11) is 0. The zero-order valence-corrected chi connectivity index (χ0v) is 14.9. The molecule has 0 bridgehead atoms. The number of carbonyl (C=O) groups is 2. The molecule has 0 saturated carbocycles. The van der Waals surface area contributed by atoms with E-state index in [1.807, 2.05) is 18.2 Å². The molecule has 0 unspecified atom stereocenters. The number of fused-ring (bicyclic) bond motifs is 1. The van der Waals surface area contributed by atoms with Crippen molar-refractivity contribution in [2.75, 3.05) is 13.2 Å². The SMILES string of the molecule is CCOC(=O)c1cc2ccc(C#CCNC(=O)OC(C)(C)C)cc2[nH]1. The third-order valence-corrected chi connectivity index (χ3v) is 3.07. The first-order valence-corrected chi connectivity index (χ1v) is 8.04. The molecule has 0 saturated heterocycles. The Morgan fingerprint density at radius 3 is 2.68 bits per heavy atom. The topological polar surface area (TPSA) is 80.4 Å². The van der Waals surface area contributed by atoms with Crippen LogP contribution in [0.25, 0.3) is 10.9 Å². The number of benzene rings is 1. The molecule has 0 atom stereocenters. The molecule has 6 nitrogen and oxygen atoms in total. The molecule has 0 aliphatic rings. The number of aromatic amines is 1. The van der Waals surface area contributed by atoms with E-state index in [9.17, 15) is 9.59 Å². The highest BCUT2D eigenvalue weighted by Gasteiger charge is 2.15. The standard InChI is InChI=1S/C19H22N2O4/c1-5-24-17(22)16-12-14-9-8-13(11-15(14)21-16)7-6-10-20-18(23)25-19(2,3)4/h8-9,11-12,21H,5,10H2,1-4H3,(H,20,23). The fourth-order valence-corrected chi connectivity index (χ4v) is 2.10. The minimum absolute atomic E-state index is 0.186. The van der Waals surface area contributed by atoms with Crippen LogP contribution in [0.3, 0.4) is 0 Å². The molecule has 132 valence electrons. The van der Waals surface area contributed by atoms with Crippen LogP contribution < -0.4 is 5.32 Å². The second-order valence-electron chi connectivity index (χ2n) is 6.36. The Labute approximate surface area is 146 Å². The molecule has 1 aromatic carbocycles. The summed E-state index contributed by atoms with van der Waals surface area (Å²) in [6.45, 7) is 7.68. The van der Waals surface area contributed by atoms with Gasteiger partial charge in [-0.25, -0.2) is 9.59 Å². The summed E-state index contributed by atoms with van der Waals surface area (Å²) in [4.78, 5) is 26.3. The smallest absolute Gasteiger partial charge is 0.408 e. The van der Waals surface area contributed by atoms with E-state index in [1.165, 1.54) is 0 Å². The van der Waals surface area contributed by atoms with Crippen molar-refractivity contribution in [1.29, 1.82) is 0 Å². The Morgan fingerprint density at radius 2 is 2.00 bits per heavy atom. The van der Waals surface area contributed by atoms with Crippen molar-refractivity contribution in [2.24, 2.45) is 0 Å². The van der Waals surface area contributed by atoms with Crippen molar-refractivity contribution < 1.29 is 19.1 Å². The van der Waals surface area contributed by atoms with Gasteiger partial charge in [0, 0.05) is 16.5 Å². The van der Waals surface area contributed by atoms with Crippen molar-refractivity contribution in [3.8, 4) is 11.8 Å². The summed E-state index contributed by atoms with van der Waals surface area (Å²) >= 11 is 0. The molecule has 2 aromatic rings. The van der Waals surface area contributed by atoms with Crippen LogP contribution in [0.2, 0.25) is 0 Å². The van der Waals surface area contributed by atoms with Crippen LogP contribution >= 0.6 is 0 Å². The average Bonchev–Trinajstić information content (AvgIpc) is 2.93. The maximum atomic E-state index is 11.7. The number of carbonyl (C=O) groups excluding carboxylic acids is 2. The van der Waals surface area contributed by atoms with E-state index in [0.29, 0.717) is 12.3 Å². The number of hydrogen-bond donors (Lipinski definition) is 2. The average molecular weight is 342 g/mol. The van der Waals surface area contributed by atoms with E-state index >= 15 is 0 Å². The van der Waals surface area contributed by atoms with Gasteiger partial charge in [-0.1, -0.05) is 17.9 Å². The number of amides is 1. The van der Waals surface area contributed by atoms with E-state index < -0.39 is 11.7 Å². The lowest BCUT2D eigenvalue weighted by Gasteiger charge is -2.18. The summed E-state index contributed by atoms with van der Waals surface area (Å²) in [5, 5.41) is 3.48. The third kappa shape index (κ3) is 5.57. The van der Waals surface area contributed by atoms with Gasteiger partial charge in [0.25, 0.3) is 0 Å². The second-order valence-corrected chi connectivity index (χ2v) is 6.36. The van der Waals surface area contributed by atoms with Gasteiger partial charge in [-0.15, -0.1) is 0 Å². The van der Waals surface area contributed by atoms with E-state index in [0.717, 1.165) is 16.5 Å². The summed E-state index contributed by atoms with van der Waals surface area (Å²) in [5.41, 5.74) is 1.45. The highest BCUT2D eigenvalue weighted by molar-refractivity contribution is 5.95. The molecule has 1 amide bonds. The first-order valence-electron chi connectivity index (χ1n) is 8.04. The monoisotopic (exact) mass is 342 g/mol. The van der Waals surface area contributed by atoms with Crippen LogP contribution in [-0.4, -0.2) is 35.8 Å². The lowest BCUT2D eigenvalue weighted by Crippen LogP contribution is -2.32. The fraction of sp³-hybridized carbons (Fsp3) is 0.368. The van der Waals surface area contributed by atoms with E-state index in [2.05, 4.69) is 22.1 Å². The van der Waals surface area contributed by atoms with Crippen LogP contribution in [-0.2, 0) is 9.47 Å². The first-order chi connectivity index (χ1) is 11.8. The largest absolute Gasteiger partial charge is 0.461 e. The van der Waals surface area contributed by atoms with Gasteiger partial charge in [-0.3, -0.25) is 0 Å². The number of aromatic nitrogens is 1. The van der Waals surface area contributed by atoms with Crippen LogP contribution in [0, 0.1) is 11.8 Å². The highest BCUT2D eigenvalue weighted by atomic mass is 16.6. The number of alkyl carbamates (subject to hydrolysis) is 1. The van der Waals surface area contributed by atoms with Gasteiger partial charge in [0.1, 0.15) is 11.3 Å². The van der Waals surface area contributed by atoms with Crippen molar-refractivity contribution >= 4 is 23.0 Å². The molecule has 0 radical (unpaired) electrons. The molecule has 1 aromatic heterocycles. The minimum Gasteiger partial charge on any atom is -0.461 e. The molecular formula is C19H22N2O4. The normalized spacial score (nSPS) is 10.7. The third-order valence-electron chi connectivity index (χ3n) is 3.07. The van der Waals surface area contributed by atoms with Crippen molar-refractivity contribution in [3.63, 3.8) is 0 Å². The van der Waals surface area contributed by atoms with E-state index in [4.69, 9.17) is 9.47 Å². The van der Waals surface area contributed by atoms with Gasteiger partial charge in [0.2, 0.25) is 0 Å². The number of H-pyrrole nitrogens is 1. The number of rotatable bonds is 3. The van der Waals surface area contributed by atoms with Gasteiger partial charge in [0.05, 0.1) is 13.2 Å². The Kier molecular flexibility index (Phi) is 5.71. The number of hydrogen-bond acceptors (Lipinski definition) is 4. The highest BCUT2D eigenvalue weighted by Crippen LogP contribution is 2.17. The van der Waals surface area contributed by atoms with Gasteiger partial charge in [0.15, 0.2) is 0 Å². The molecule has 2 rings (SSSR count). The van der Waals surface area contributed by atoms with Gasteiger partial charge < -0.3 is 19.8 Å². The summed E-state index contributed by atoms with van der Waals surface area (Å²) in [6.07, 6.45) is -0.499. The van der Waals surface area contributed by atoms with Crippen LogP contribution in [0.15, 0.2) is 24.3 Å².